The number of rotatable bonds is 7. The first kappa shape index (κ1) is 12.7. The molecule has 0 spiro atoms. The van der Waals surface area contributed by atoms with E-state index in [1.807, 2.05) is 6.08 Å². The lowest BCUT2D eigenvalue weighted by atomic mass is 9.94. The van der Waals surface area contributed by atoms with E-state index in [1.165, 1.54) is 19.3 Å². The van der Waals surface area contributed by atoms with Crippen molar-refractivity contribution in [2.45, 2.75) is 57.6 Å². The van der Waals surface area contributed by atoms with Crippen LogP contribution in [0.1, 0.15) is 46.0 Å². The molecule has 2 unspecified atom stereocenters. The SMILES string of the molecule is C=CCCCCCNC1(C)CCOC1C. The smallest absolute Gasteiger partial charge is 0.0726 e. The summed E-state index contributed by atoms with van der Waals surface area (Å²) in [6, 6.07) is 0. The molecule has 0 aromatic heterocycles. The van der Waals surface area contributed by atoms with E-state index < -0.39 is 0 Å². The molecule has 1 heterocycles. The molecule has 0 amide bonds. The Hall–Kier alpha value is -0.340. The Labute approximate surface area is 94.1 Å². The molecular weight excluding hydrogens is 186 g/mol. The van der Waals surface area contributed by atoms with Gasteiger partial charge in [-0.15, -0.1) is 6.58 Å². The second-order valence-electron chi connectivity index (χ2n) is 4.75. The van der Waals surface area contributed by atoms with Gasteiger partial charge in [0.25, 0.3) is 0 Å². The maximum absolute atomic E-state index is 5.59. The highest BCUT2D eigenvalue weighted by Crippen LogP contribution is 2.24. The minimum Gasteiger partial charge on any atom is -0.377 e. The Morgan fingerprint density at radius 2 is 2.27 bits per heavy atom. The Morgan fingerprint density at radius 1 is 1.47 bits per heavy atom. The lowest BCUT2D eigenvalue weighted by Crippen LogP contribution is -2.48. The zero-order chi connectivity index (χ0) is 11.1. The molecule has 0 radical (unpaired) electrons. The van der Waals surface area contributed by atoms with Gasteiger partial charge in [0.15, 0.2) is 0 Å². The molecule has 1 aliphatic heterocycles. The lowest BCUT2D eigenvalue weighted by Gasteiger charge is -2.29. The molecule has 2 heteroatoms. The Balaban J connectivity index is 2.06. The molecule has 1 saturated heterocycles. The molecule has 15 heavy (non-hydrogen) atoms. The molecule has 0 aromatic rings. The maximum Gasteiger partial charge on any atom is 0.0726 e. The number of hydrogen-bond acceptors (Lipinski definition) is 2. The highest BCUT2D eigenvalue weighted by molar-refractivity contribution is 4.93. The van der Waals surface area contributed by atoms with Crippen molar-refractivity contribution in [3.05, 3.63) is 12.7 Å². The lowest BCUT2D eigenvalue weighted by molar-refractivity contribution is 0.0886. The molecule has 1 aliphatic rings. The van der Waals surface area contributed by atoms with Crippen molar-refractivity contribution in [3.63, 3.8) is 0 Å². The molecule has 0 saturated carbocycles. The van der Waals surface area contributed by atoms with Crippen LogP contribution < -0.4 is 5.32 Å². The van der Waals surface area contributed by atoms with Gasteiger partial charge < -0.3 is 10.1 Å². The Kier molecular flexibility index (Phi) is 5.34. The zero-order valence-electron chi connectivity index (χ0n) is 10.2. The highest BCUT2D eigenvalue weighted by atomic mass is 16.5. The van der Waals surface area contributed by atoms with Gasteiger partial charge in [0, 0.05) is 12.1 Å². The van der Waals surface area contributed by atoms with E-state index in [-0.39, 0.29) is 5.54 Å². The standard InChI is InChI=1S/C13H25NO/c1-4-5-6-7-8-10-14-13(3)9-11-15-12(13)2/h4,12,14H,1,5-11H2,2-3H3. The number of nitrogens with one attached hydrogen (secondary N) is 1. The third-order valence-electron chi connectivity index (χ3n) is 3.50. The van der Waals surface area contributed by atoms with Crippen LogP contribution in [0.25, 0.3) is 0 Å². The normalized spacial score (nSPS) is 30.7. The summed E-state index contributed by atoms with van der Waals surface area (Å²) >= 11 is 0. The van der Waals surface area contributed by atoms with E-state index in [0.717, 1.165) is 26.0 Å². The van der Waals surface area contributed by atoms with Gasteiger partial charge in [-0.1, -0.05) is 12.5 Å². The summed E-state index contributed by atoms with van der Waals surface area (Å²) in [6.07, 6.45) is 8.47. The van der Waals surface area contributed by atoms with Crippen LogP contribution in [0.5, 0.6) is 0 Å². The summed E-state index contributed by atoms with van der Waals surface area (Å²) in [7, 11) is 0. The van der Waals surface area contributed by atoms with Crippen molar-refractivity contribution in [1.82, 2.24) is 5.32 Å². The predicted molar refractivity (Wildman–Crippen MR) is 65.1 cm³/mol. The predicted octanol–water partition coefficient (Wildman–Crippen LogP) is 2.89. The first-order valence-electron chi connectivity index (χ1n) is 6.16. The maximum atomic E-state index is 5.59. The van der Waals surface area contributed by atoms with E-state index in [2.05, 4.69) is 25.7 Å². The van der Waals surface area contributed by atoms with E-state index >= 15 is 0 Å². The summed E-state index contributed by atoms with van der Waals surface area (Å²) in [5.41, 5.74) is 0.207. The van der Waals surface area contributed by atoms with E-state index in [4.69, 9.17) is 4.74 Å². The van der Waals surface area contributed by atoms with Crippen molar-refractivity contribution in [1.29, 1.82) is 0 Å². The fourth-order valence-corrected chi connectivity index (χ4v) is 2.03. The molecule has 2 atom stereocenters. The molecule has 2 nitrogen and oxygen atoms in total. The topological polar surface area (TPSA) is 21.3 Å². The highest BCUT2D eigenvalue weighted by Gasteiger charge is 2.35. The molecule has 0 bridgehead atoms. The average Bonchev–Trinajstić information content (AvgIpc) is 2.54. The first-order valence-corrected chi connectivity index (χ1v) is 6.16. The van der Waals surface area contributed by atoms with E-state index in [9.17, 15) is 0 Å². The van der Waals surface area contributed by atoms with Gasteiger partial charge in [0.1, 0.15) is 0 Å². The second kappa shape index (κ2) is 6.29. The molecule has 1 rings (SSSR count). The van der Waals surface area contributed by atoms with Crippen LogP contribution in [0, 0.1) is 0 Å². The minimum absolute atomic E-state index is 0.207. The van der Waals surface area contributed by atoms with Gasteiger partial charge >= 0.3 is 0 Å². The van der Waals surface area contributed by atoms with Gasteiger partial charge in [0.2, 0.25) is 0 Å². The summed E-state index contributed by atoms with van der Waals surface area (Å²) in [6.45, 7) is 10.2. The van der Waals surface area contributed by atoms with Crippen molar-refractivity contribution in [3.8, 4) is 0 Å². The quantitative estimate of drug-likeness (QED) is 0.516. The van der Waals surface area contributed by atoms with Crippen LogP contribution >= 0.6 is 0 Å². The fraction of sp³-hybridized carbons (Fsp3) is 0.846. The van der Waals surface area contributed by atoms with E-state index in [0.29, 0.717) is 6.10 Å². The molecular formula is C13H25NO. The molecule has 0 aliphatic carbocycles. The largest absolute Gasteiger partial charge is 0.377 e. The van der Waals surface area contributed by atoms with Crippen LogP contribution in [0.15, 0.2) is 12.7 Å². The molecule has 1 N–H and O–H groups in total. The fourth-order valence-electron chi connectivity index (χ4n) is 2.03. The Bertz CT molecular complexity index is 193. The van der Waals surface area contributed by atoms with Crippen LogP contribution in [0.3, 0.4) is 0 Å². The summed E-state index contributed by atoms with van der Waals surface area (Å²) in [4.78, 5) is 0. The third-order valence-corrected chi connectivity index (χ3v) is 3.50. The first-order chi connectivity index (χ1) is 7.19. The number of hydrogen-bond donors (Lipinski definition) is 1. The van der Waals surface area contributed by atoms with Gasteiger partial charge in [-0.3, -0.25) is 0 Å². The summed E-state index contributed by atoms with van der Waals surface area (Å²) < 4.78 is 5.59. The summed E-state index contributed by atoms with van der Waals surface area (Å²) in [5.74, 6) is 0. The minimum atomic E-state index is 0.207. The Morgan fingerprint density at radius 3 is 2.87 bits per heavy atom. The van der Waals surface area contributed by atoms with Crippen LogP contribution in [-0.2, 0) is 4.74 Å². The monoisotopic (exact) mass is 211 g/mol. The second-order valence-corrected chi connectivity index (χ2v) is 4.75. The van der Waals surface area contributed by atoms with Crippen molar-refractivity contribution in [2.24, 2.45) is 0 Å². The van der Waals surface area contributed by atoms with Crippen molar-refractivity contribution >= 4 is 0 Å². The van der Waals surface area contributed by atoms with Gasteiger partial charge in [-0.25, -0.2) is 0 Å². The van der Waals surface area contributed by atoms with Crippen molar-refractivity contribution < 1.29 is 4.74 Å². The van der Waals surface area contributed by atoms with E-state index in [1.54, 1.807) is 0 Å². The summed E-state index contributed by atoms with van der Waals surface area (Å²) in [5, 5.41) is 3.63. The zero-order valence-corrected chi connectivity index (χ0v) is 10.2. The average molecular weight is 211 g/mol. The number of ether oxygens (including phenoxy) is 1. The third kappa shape index (κ3) is 3.96. The van der Waals surface area contributed by atoms with Gasteiger partial charge in [0.05, 0.1) is 6.10 Å². The van der Waals surface area contributed by atoms with Crippen LogP contribution in [0.4, 0.5) is 0 Å². The molecule has 0 aromatic carbocycles. The van der Waals surface area contributed by atoms with Crippen LogP contribution in [-0.4, -0.2) is 24.8 Å². The molecule has 88 valence electrons. The number of unbranched alkanes of at least 4 members (excludes halogenated alkanes) is 3. The van der Waals surface area contributed by atoms with Crippen LogP contribution in [0.2, 0.25) is 0 Å². The number of allylic oxidation sites excluding steroid dienone is 1. The van der Waals surface area contributed by atoms with Crippen molar-refractivity contribution in [2.75, 3.05) is 13.2 Å². The van der Waals surface area contributed by atoms with Gasteiger partial charge in [-0.2, -0.15) is 0 Å². The van der Waals surface area contributed by atoms with Gasteiger partial charge in [-0.05, 0) is 46.1 Å². The molecule has 1 fully saturated rings.